The summed E-state index contributed by atoms with van der Waals surface area (Å²) in [4.78, 5) is 0. The van der Waals surface area contributed by atoms with Crippen LogP contribution >= 0.6 is 0 Å². The summed E-state index contributed by atoms with van der Waals surface area (Å²) >= 11 is 0. The number of hydrogen-bond donors (Lipinski definition) is 4. The molecule has 0 radical (unpaired) electrons. The van der Waals surface area contributed by atoms with E-state index in [-0.39, 0.29) is 46.9 Å². The quantitative estimate of drug-likeness (QED) is 0.536. The van der Waals surface area contributed by atoms with Gasteiger partial charge in [0.2, 0.25) is 0 Å². The first-order chi connectivity index (χ1) is 15.7. The Morgan fingerprint density at radius 3 is 2.48 bits per heavy atom. The molecule has 0 aliphatic heterocycles. The SMILES string of the molecule is CC[C@H]1[C@@H](O)C2C3C[C@H](O)[C@H]([C@H](C)CCc4nnn[nH]4)[C@@]3(C)CCC2[C@@]2(C)CC[C@@H](O)C[C@@H]12. The number of nitrogens with one attached hydrogen (secondary N) is 1. The van der Waals surface area contributed by atoms with Crippen molar-refractivity contribution in [3.63, 3.8) is 0 Å². The molecular weight excluding hydrogens is 416 g/mol. The maximum Gasteiger partial charge on any atom is 0.148 e. The van der Waals surface area contributed by atoms with E-state index in [0.29, 0.717) is 23.7 Å². The molecule has 4 aliphatic rings. The van der Waals surface area contributed by atoms with Crippen LogP contribution in [-0.2, 0) is 6.42 Å². The highest BCUT2D eigenvalue weighted by Crippen LogP contribution is 2.69. The minimum absolute atomic E-state index is 0.0519. The monoisotopic (exact) mass is 460 g/mol. The fourth-order valence-electron chi connectivity index (χ4n) is 9.87. The lowest BCUT2D eigenvalue weighted by molar-refractivity contribution is -0.203. The number of aromatic amines is 1. The topological polar surface area (TPSA) is 115 Å². The van der Waals surface area contributed by atoms with E-state index < -0.39 is 0 Å². The van der Waals surface area contributed by atoms with Crippen LogP contribution in [0.3, 0.4) is 0 Å². The minimum Gasteiger partial charge on any atom is -0.393 e. The summed E-state index contributed by atoms with van der Waals surface area (Å²) in [6.07, 6.45) is 7.75. The molecule has 0 aromatic carbocycles. The van der Waals surface area contributed by atoms with Crippen molar-refractivity contribution in [2.45, 2.75) is 104 Å². The van der Waals surface area contributed by atoms with Crippen LogP contribution in [0.2, 0.25) is 0 Å². The van der Waals surface area contributed by atoms with Gasteiger partial charge in [0.15, 0.2) is 0 Å². The maximum atomic E-state index is 11.8. The van der Waals surface area contributed by atoms with Crippen molar-refractivity contribution in [2.75, 3.05) is 0 Å². The Kier molecular flexibility index (Phi) is 6.14. The van der Waals surface area contributed by atoms with E-state index >= 15 is 0 Å². The van der Waals surface area contributed by atoms with Crippen LogP contribution < -0.4 is 0 Å². The number of aryl methyl sites for hydroxylation is 1. The average Bonchev–Trinajstić information content (AvgIpc) is 3.38. The third-order valence-electron chi connectivity index (χ3n) is 11.3. The van der Waals surface area contributed by atoms with Gasteiger partial charge < -0.3 is 15.3 Å². The molecule has 1 aromatic heterocycles. The van der Waals surface area contributed by atoms with Crippen molar-refractivity contribution in [1.29, 1.82) is 0 Å². The van der Waals surface area contributed by atoms with Crippen LogP contribution in [0, 0.1) is 52.3 Å². The van der Waals surface area contributed by atoms with Crippen molar-refractivity contribution in [2.24, 2.45) is 52.3 Å². The Morgan fingerprint density at radius 2 is 1.79 bits per heavy atom. The zero-order chi connectivity index (χ0) is 23.5. The number of rotatable bonds is 5. The van der Waals surface area contributed by atoms with E-state index in [1.165, 1.54) is 0 Å². The molecule has 0 bridgehead atoms. The number of fused-ring (bicyclic) bond motifs is 5. The second-order valence-electron chi connectivity index (χ2n) is 12.6. The van der Waals surface area contributed by atoms with Crippen molar-refractivity contribution < 1.29 is 15.3 Å². The number of tetrazole rings is 1. The average molecular weight is 461 g/mol. The Hall–Kier alpha value is -1.05. The molecule has 7 nitrogen and oxygen atoms in total. The van der Waals surface area contributed by atoms with Gasteiger partial charge in [-0.3, -0.25) is 0 Å². The van der Waals surface area contributed by atoms with Crippen molar-refractivity contribution >= 4 is 0 Å². The fraction of sp³-hybridized carbons (Fsp3) is 0.962. The first-order valence-electron chi connectivity index (χ1n) is 13.5. The highest BCUT2D eigenvalue weighted by molar-refractivity contribution is 5.15. The van der Waals surface area contributed by atoms with E-state index in [1.54, 1.807) is 0 Å². The third-order valence-corrected chi connectivity index (χ3v) is 11.3. The molecular formula is C26H44N4O3. The molecule has 4 saturated carbocycles. The lowest BCUT2D eigenvalue weighted by atomic mass is 9.41. The van der Waals surface area contributed by atoms with Gasteiger partial charge >= 0.3 is 0 Å². The van der Waals surface area contributed by atoms with Gasteiger partial charge in [0.05, 0.1) is 18.3 Å². The van der Waals surface area contributed by atoms with Gasteiger partial charge in [-0.1, -0.05) is 34.1 Å². The molecule has 0 spiro atoms. The van der Waals surface area contributed by atoms with Gasteiger partial charge in [-0.15, -0.1) is 5.10 Å². The molecule has 33 heavy (non-hydrogen) atoms. The van der Waals surface area contributed by atoms with Gasteiger partial charge in [0, 0.05) is 6.42 Å². The summed E-state index contributed by atoms with van der Waals surface area (Å²) in [5.74, 6) is 3.19. The smallest absolute Gasteiger partial charge is 0.148 e. The van der Waals surface area contributed by atoms with E-state index in [4.69, 9.17) is 0 Å². The number of aliphatic hydroxyl groups is 3. The van der Waals surface area contributed by atoms with E-state index in [1.807, 2.05) is 0 Å². The first kappa shape index (κ1) is 23.7. The Morgan fingerprint density at radius 1 is 1.03 bits per heavy atom. The van der Waals surface area contributed by atoms with Crippen LogP contribution in [-0.4, -0.2) is 54.3 Å². The second-order valence-corrected chi connectivity index (χ2v) is 12.6. The van der Waals surface area contributed by atoms with Crippen LogP contribution in [0.1, 0.15) is 84.9 Å². The normalized spacial score (nSPS) is 50.3. The van der Waals surface area contributed by atoms with Gasteiger partial charge in [-0.05, 0) is 108 Å². The molecule has 4 aliphatic carbocycles. The molecule has 3 unspecified atom stereocenters. The molecule has 1 aromatic rings. The van der Waals surface area contributed by atoms with Crippen LogP contribution in [0.4, 0.5) is 0 Å². The zero-order valence-corrected chi connectivity index (χ0v) is 20.8. The molecule has 12 atom stereocenters. The third kappa shape index (κ3) is 3.59. The summed E-state index contributed by atoms with van der Waals surface area (Å²) in [7, 11) is 0. The highest BCUT2D eigenvalue weighted by atomic mass is 16.3. The van der Waals surface area contributed by atoms with Crippen LogP contribution in [0.15, 0.2) is 0 Å². The summed E-state index contributed by atoms with van der Waals surface area (Å²) in [5, 5.41) is 47.9. The van der Waals surface area contributed by atoms with Crippen molar-refractivity contribution in [1.82, 2.24) is 20.6 Å². The number of aromatic nitrogens is 4. The lowest BCUT2D eigenvalue weighted by Gasteiger charge is -2.64. The van der Waals surface area contributed by atoms with Crippen molar-refractivity contribution in [3.05, 3.63) is 5.82 Å². The summed E-state index contributed by atoms with van der Waals surface area (Å²) in [6.45, 7) is 9.37. The number of H-pyrrole nitrogens is 1. The second kappa shape index (κ2) is 8.56. The van der Waals surface area contributed by atoms with E-state index in [2.05, 4.69) is 48.3 Å². The maximum absolute atomic E-state index is 11.8. The van der Waals surface area contributed by atoms with Gasteiger partial charge in [-0.2, -0.15) is 0 Å². The molecule has 5 rings (SSSR count). The Bertz CT molecular complexity index is 820. The Labute approximate surface area is 198 Å². The van der Waals surface area contributed by atoms with Crippen LogP contribution in [0.25, 0.3) is 0 Å². The molecule has 0 amide bonds. The van der Waals surface area contributed by atoms with E-state index in [0.717, 1.165) is 63.6 Å². The molecule has 186 valence electrons. The molecule has 1 heterocycles. The Balaban J connectivity index is 1.42. The van der Waals surface area contributed by atoms with Gasteiger partial charge in [-0.25, -0.2) is 5.10 Å². The highest BCUT2D eigenvalue weighted by Gasteiger charge is 2.66. The fourth-order valence-corrected chi connectivity index (χ4v) is 9.87. The van der Waals surface area contributed by atoms with E-state index in [9.17, 15) is 15.3 Å². The van der Waals surface area contributed by atoms with Gasteiger partial charge in [0.25, 0.3) is 0 Å². The predicted octanol–water partition coefficient (Wildman–Crippen LogP) is 3.37. The van der Waals surface area contributed by atoms with Gasteiger partial charge in [0.1, 0.15) is 5.82 Å². The number of nitrogens with zero attached hydrogens (tertiary/aromatic N) is 3. The summed E-state index contributed by atoms with van der Waals surface area (Å²) in [6, 6.07) is 0. The molecule has 7 heteroatoms. The standard InChI is InChI=1S/C26H44N4O3/c1-5-16-18-12-15(31)8-10-25(18,3)17-9-11-26(4)19(22(17)24(16)33)13-20(32)23(26)14(2)6-7-21-27-29-30-28-21/h14-20,22-24,31-33H,5-13H2,1-4H3,(H,27,28,29,30)/t14-,15-,16-,17?,18+,19?,20+,22?,23+,24-,25-,26+/m1/s1. The number of aliphatic hydroxyl groups excluding tert-OH is 3. The van der Waals surface area contributed by atoms with Crippen molar-refractivity contribution in [3.8, 4) is 0 Å². The molecule has 4 fully saturated rings. The predicted molar refractivity (Wildman–Crippen MR) is 125 cm³/mol. The molecule has 4 N–H and O–H groups in total. The number of hydrogen-bond acceptors (Lipinski definition) is 6. The zero-order valence-electron chi connectivity index (χ0n) is 20.8. The lowest BCUT2D eigenvalue weighted by Crippen LogP contribution is -2.62. The summed E-state index contributed by atoms with van der Waals surface area (Å²) < 4.78 is 0. The summed E-state index contributed by atoms with van der Waals surface area (Å²) in [5.41, 5.74) is 0.245. The first-order valence-corrected chi connectivity index (χ1v) is 13.5. The molecule has 0 saturated heterocycles. The van der Waals surface area contributed by atoms with Crippen LogP contribution in [0.5, 0.6) is 0 Å². The largest absolute Gasteiger partial charge is 0.393 e. The minimum atomic E-state index is -0.325.